The Morgan fingerprint density at radius 2 is 2.00 bits per heavy atom. The smallest absolute Gasteiger partial charge is 0.225 e. The van der Waals surface area contributed by atoms with Crippen molar-refractivity contribution in [2.75, 3.05) is 20.1 Å². The van der Waals surface area contributed by atoms with E-state index in [2.05, 4.69) is 17.6 Å². The van der Waals surface area contributed by atoms with E-state index in [-0.39, 0.29) is 42.2 Å². The second kappa shape index (κ2) is 9.64. The summed E-state index contributed by atoms with van der Waals surface area (Å²) in [5.74, 6) is -0.0687. The van der Waals surface area contributed by atoms with Gasteiger partial charge in [-0.3, -0.25) is 9.59 Å². The molecular formula is C18H28ClN3O2. The molecule has 24 heavy (non-hydrogen) atoms. The molecule has 2 unspecified atom stereocenters. The highest BCUT2D eigenvalue weighted by atomic mass is 35.5. The summed E-state index contributed by atoms with van der Waals surface area (Å²) in [6, 6.07) is 9.87. The molecular weight excluding hydrogens is 326 g/mol. The van der Waals surface area contributed by atoms with Gasteiger partial charge in [-0.05, 0) is 25.5 Å². The number of hydrogen-bond acceptors (Lipinski definition) is 3. The molecule has 6 heteroatoms. The van der Waals surface area contributed by atoms with E-state index in [4.69, 9.17) is 0 Å². The van der Waals surface area contributed by atoms with Crippen LogP contribution in [-0.4, -0.2) is 42.9 Å². The van der Waals surface area contributed by atoms with Crippen molar-refractivity contribution >= 4 is 24.2 Å². The summed E-state index contributed by atoms with van der Waals surface area (Å²) in [7, 11) is 1.79. The highest BCUT2D eigenvalue weighted by Crippen LogP contribution is 2.35. The van der Waals surface area contributed by atoms with E-state index < -0.39 is 0 Å². The van der Waals surface area contributed by atoms with Crippen LogP contribution in [0.4, 0.5) is 0 Å². The van der Waals surface area contributed by atoms with Gasteiger partial charge in [0.1, 0.15) is 0 Å². The fraction of sp³-hybridized carbons (Fsp3) is 0.556. The standard InChI is InChI=1S/C18H27N3O2.ClH/c1-4-19-13(2)12-20-18(23)15-10-11-16(22)21(3)17(15)14-8-6-5-7-9-14;/h5-9,13,15,17,19H,4,10-12H2,1-3H3,(H,20,23);1H/t13-,15?,17?;/m1./s1. The molecule has 2 rings (SSSR count). The van der Waals surface area contributed by atoms with Crippen molar-refractivity contribution in [2.45, 2.75) is 38.8 Å². The molecule has 3 atom stereocenters. The molecule has 0 aromatic heterocycles. The number of carbonyl (C=O) groups excluding carboxylic acids is 2. The van der Waals surface area contributed by atoms with Gasteiger partial charge >= 0.3 is 0 Å². The van der Waals surface area contributed by atoms with Gasteiger partial charge in [-0.15, -0.1) is 12.4 Å². The normalized spacial score (nSPS) is 21.8. The summed E-state index contributed by atoms with van der Waals surface area (Å²) in [5, 5.41) is 6.32. The lowest BCUT2D eigenvalue weighted by Crippen LogP contribution is -2.48. The van der Waals surface area contributed by atoms with Crippen LogP contribution < -0.4 is 10.6 Å². The molecule has 1 aliphatic heterocycles. The second-order valence-electron chi connectivity index (χ2n) is 6.21. The summed E-state index contributed by atoms with van der Waals surface area (Å²) in [6.07, 6.45) is 1.03. The summed E-state index contributed by atoms with van der Waals surface area (Å²) in [4.78, 5) is 26.5. The van der Waals surface area contributed by atoms with E-state index in [0.717, 1.165) is 12.1 Å². The monoisotopic (exact) mass is 353 g/mol. The van der Waals surface area contributed by atoms with Crippen LogP contribution in [0.2, 0.25) is 0 Å². The molecule has 1 saturated heterocycles. The summed E-state index contributed by atoms with van der Waals surface area (Å²) in [5.41, 5.74) is 1.02. The number of likely N-dealkylation sites (tertiary alicyclic amines) is 1. The fourth-order valence-electron chi connectivity index (χ4n) is 3.22. The zero-order valence-corrected chi connectivity index (χ0v) is 15.4. The first-order chi connectivity index (χ1) is 11.0. The van der Waals surface area contributed by atoms with E-state index in [1.807, 2.05) is 37.3 Å². The maximum atomic E-state index is 12.7. The van der Waals surface area contributed by atoms with Crippen molar-refractivity contribution in [2.24, 2.45) is 5.92 Å². The predicted molar refractivity (Wildman–Crippen MR) is 98.1 cm³/mol. The second-order valence-corrected chi connectivity index (χ2v) is 6.21. The number of benzene rings is 1. The van der Waals surface area contributed by atoms with Crippen LogP contribution in [0.15, 0.2) is 30.3 Å². The first kappa shape index (κ1) is 20.5. The molecule has 1 heterocycles. The highest BCUT2D eigenvalue weighted by Gasteiger charge is 2.38. The lowest BCUT2D eigenvalue weighted by atomic mass is 9.84. The van der Waals surface area contributed by atoms with Crippen molar-refractivity contribution in [3.05, 3.63) is 35.9 Å². The van der Waals surface area contributed by atoms with Crippen LogP contribution in [0.3, 0.4) is 0 Å². The third-order valence-electron chi connectivity index (χ3n) is 4.47. The van der Waals surface area contributed by atoms with Gasteiger partial charge in [-0.1, -0.05) is 37.3 Å². The Morgan fingerprint density at radius 3 is 2.62 bits per heavy atom. The molecule has 0 radical (unpaired) electrons. The van der Waals surface area contributed by atoms with Crippen LogP contribution in [0.25, 0.3) is 0 Å². The van der Waals surface area contributed by atoms with Crippen LogP contribution in [0, 0.1) is 5.92 Å². The zero-order valence-electron chi connectivity index (χ0n) is 14.6. The molecule has 2 amide bonds. The Kier molecular flexibility index (Phi) is 8.22. The van der Waals surface area contributed by atoms with Crippen molar-refractivity contribution in [3.63, 3.8) is 0 Å². The summed E-state index contributed by atoms with van der Waals surface area (Å²) in [6.45, 7) is 5.58. The Bertz CT molecular complexity index is 538. The van der Waals surface area contributed by atoms with Gasteiger partial charge in [-0.2, -0.15) is 0 Å². The molecule has 1 fully saturated rings. The lowest BCUT2D eigenvalue weighted by molar-refractivity contribution is -0.141. The van der Waals surface area contributed by atoms with Crippen LogP contribution >= 0.6 is 12.4 Å². The summed E-state index contributed by atoms with van der Waals surface area (Å²) >= 11 is 0. The van der Waals surface area contributed by atoms with E-state index in [0.29, 0.717) is 19.4 Å². The van der Waals surface area contributed by atoms with Gasteiger partial charge in [0.05, 0.1) is 12.0 Å². The number of piperidine rings is 1. The van der Waals surface area contributed by atoms with Crippen LogP contribution in [-0.2, 0) is 9.59 Å². The third kappa shape index (κ3) is 4.95. The minimum atomic E-state index is -0.200. The largest absolute Gasteiger partial charge is 0.354 e. The van der Waals surface area contributed by atoms with E-state index in [1.165, 1.54) is 0 Å². The van der Waals surface area contributed by atoms with Gasteiger partial charge < -0.3 is 15.5 Å². The van der Waals surface area contributed by atoms with Gasteiger partial charge in [0.25, 0.3) is 0 Å². The maximum absolute atomic E-state index is 12.7. The molecule has 1 aromatic rings. The molecule has 134 valence electrons. The van der Waals surface area contributed by atoms with E-state index >= 15 is 0 Å². The number of hydrogen-bond donors (Lipinski definition) is 2. The van der Waals surface area contributed by atoms with Crippen LogP contribution in [0.5, 0.6) is 0 Å². The Labute approximate surface area is 150 Å². The molecule has 1 aromatic carbocycles. The number of halogens is 1. The zero-order chi connectivity index (χ0) is 16.8. The topological polar surface area (TPSA) is 61.4 Å². The number of nitrogens with zero attached hydrogens (tertiary/aromatic N) is 1. The number of amides is 2. The quantitative estimate of drug-likeness (QED) is 0.823. The van der Waals surface area contributed by atoms with Gasteiger partial charge in [-0.25, -0.2) is 0 Å². The molecule has 2 N–H and O–H groups in total. The third-order valence-corrected chi connectivity index (χ3v) is 4.47. The fourth-order valence-corrected chi connectivity index (χ4v) is 3.22. The van der Waals surface area contributed by atoms with Crippen LogP contribution in [0.1, 0.15) is 38.3 Å². The average molecular weight is 354 g/mol. The molecule has 0 bridgehead atoms. The van der Waals surface area contributed by atoms with Crippen molar-refractivity contribution in [1.82, 2.24) is 15.5 Å². The molecule has 0 saturated carbocycles. The van der Waals surface area contributed by atoms with Gasteiger partial charge in [0.15, 0.2) is 0 Å². The van der Waals surface area contributed by atoms with E-state index in [9.17, 15) is 9.59 Å². The molecule has 0 aliphatic carbocycles. The maximum Gasteiger partial charge on any atom is 0.225 e. The SMILES string of the molecule is CCN[C@H](C)CNC(=O)C1CCC(=O)N(C)C1c1ccccc1.Cl. The summed E-state index contributed by atoms with van der Waals surface area (Å²) < 4.78 is 0. The van der Waals surface area contributed by atoms with E-state index in [1.54, 1.807) is 11.9 Å². The van der Waals surface area contributed by atoms with Crippen molar-refractivity contribution < 1.29 is 9.59 Å². The number of rotatable bonds is 6. The lowest BCUT2D eigenvalue weighted by Gasteiger charge is -2.38. The first-order valence-corrected chi connectivity index (χ1v) is 8.36. The number of nitrogens with one attached hydrogen (secondary N) is 2. The number of likely N-dealkylation sites (N-methyl/N-ethyl adjacent to an activating group) is 1. The van der Waals surface area contributed by atoms with Gasteiger partial charge in [0.2, 0.25) is 11.8 Å². The number of carbonyl (C=O) groups is 2. The Morgan fingerprint density at radius 1 is 1.33 bits per heavy atom. The minimum Gasteiger partial charge on any atom is -0.354 e. The predicted octanol–water partition coefficient (Wildman–Crippen LogP) is 2.13. The average Bonchev–Trinajstić information content (AvgIpc) is 2.56. The molecule has 0 spiro atoms. The van der Waals surface area contributed by atoms with Crippen molar-refractivity contribution in [1.29, 1.82) is 0 Å². The highest BCUT2D eigenvalue weighted by molar-refractivity contribution is 5.85. The Hall–Kier alpha value is -1.59. The Balaban J connectivity index is 0.00000288. The minimum absolute atomic E-state index is 0. The van der Waals surface area contributed by atoms with Gasteiger partial charge in [0, 0.05) is 26.1 Å². The molecule has 1 aliphatic rings. The first-order valence-electron chi connectivity index (χ1n) is 8.36. The molecule has 5 nitrogen and oxygen atoms in total. The van der Waals surface area contributed by atoms with Crippen molar-refractivity contribution in [3.8, 4) is 0 Å².